The van der Waals surface area contributed by atoms with Crippen molar-refractivity contribution in [2.45, 2.75) is 19.3 Å². The number of fused-ring (bicyclic) bond motifs is 12. The summed E-state index contributed by atoms with van der Waals surface area (Å²) in [6.45, 7) is 4.65. The Labute approximate surface area is 375 Å². The van der Waals surface area contributed by atoms with Gasteiger partial charge in [-0.15, -0.1) is 0 Å². The van der Waals surface area contributed by atoms with Crippen LogP contribution in [-0.4, -0.2) is 19.1 Å². The first kappa shape index (κ1) is 36.2. The van der Waals surface area contributed by atoms with Gasteiger partial charge in [-0.1, -0.05) is 159 Å². The van der Waals surface area contributed by atoms with E-state index < -0.39 is 0 Å². The van der Waals surface area contributed by atoms with Crippen LogP contribution in [0.2, 0.25) is 0 Å². The van der Waals surface area contributed by atoms with E-state index in [1.165, 1.54) is 81.9 Å². The number of para-hydroxylation sites is 2. The minimum absolute atomic E-state index is 0.192. The molecular weight excluding hydrogens is 789 g/mol. The SMILES string of the molecule is CC1(C)c2ccccc2-c2cccc(-c3nc(-c4ccc(-n5c6cc(-n7c8ccccc8c8cc9ccccc9cc87)ccc6c6cc7ccccc7cc65)cc4)c4ccccc4n3)c21. The molecular formula is C61H40N4. The Kier molecular flexibility index (Phi) is 7.42. The molecule has 13 aromatic rings. The van der Waals surface area contributed by atoms with Crippen molar-refractivity contribution in [1.82, 2.24) is 19.1 Å². The first-order valence-electron chi connectivity index (χ1n) is 22.5. The first-order valence-corrected chi connectivity index (χ1v) is 22.5. The highest BCUT2D eigenvalue weighted by Crippen LogP contribution is 2.52. The fourth-order valence-electron chi connectivity index (χ4n) is 11.3. The van der Waals surface area contributed by atoms with Crippen LogP contribution >= 0.6 is 0 Å². The highest BCUT2D eigenvalue weighted by molar-refractivity contribution is 6.16. The molecule has 0 saturated heterocycles. The van der Waals surface area contributed by atoms with Crippen LogP contribution in [0, 0.1) is 0 Å². The van der Waals surface area contributed by atoms with Crippen LogP contribution < -0.4 is 0 Å². The second-order valence-corrected chi connectivity index (χ2v) is 18.2. The summed E-state index contributed by atoms with van der Waals surface area (Å²) < 4.78 is 4.89. The van der Waals surface area contributed by atoms with Crippen molar-refractivity contribution in [3.8, 4) is 45.1 Å². The summed E-state index contributed by atoms with van der Waals surface area (Å²) in [7, 11) is 0. The number of hydrogen-bond acceptors (Lipinski definition) is 2. The van der Waals surface area contributed by atoms with Gasteiger partial charge in [-0.05, 0) is 104 Å². The van der Waals surface area contributed by atoms with Gasteiger partial charge in [0, 0.05) is 54.8 Å². The van der Waals surface area contributed by atoms with E-state index in [0.29, 0.717) is 0 Å². The van der Waals surface area contributed by atoms with Crippen LogP contribution in [0.15, 0.2) is 206 Å². The van der Waals surface area contributed by atoms with Gasteiger partial charge in [0.1, 0.15) is 0 Å². The number of aromatic nitrogens is 4. The van der Waals surface area contributed by atoms with E-state index in [1.54, 1.807) is 0 Å². The maximum Gasteiger partial charge on any atom is 0.160 e. The standard InChI is InChI=1S/C61H40N4/c1-61(2)52-23-10-7-18-44(52)47-21-13-22-49(58(47)61)60-62-53-24-11-8-20-48(53)59(63-60)37-26-28-42(29-27-37)64-55-34-40-16-5-4-15-39(40)33-51(55)46-31-30-43(36-57(46)64)65-54-25-12-9-19-45(54)50-32-38-14-3-6-17-41(38)35-56(50)65/h3-36H,1-2H3. The highest BCUT2D eigenvalue weighted by Gasteiger charge is 2.38. The van der Waals surface area contributed by atoms with E-state index in [0.717, 1.165) is 50.4 Å². The maximum absolute atomic E-state index is 5.46. The molecule has 10 aromatic carbocycles. The number of rotatable bonds is 4. The van der Waals surface area contributed by atoms with Gasteiger partial charge < -0.3 is 9.13 Å². The fourth-order valence-corrected chi connectivity index (χ4v) is 11.3. The van der Waals surface area contributed by atoms with Gasteiger partial charge >= 0.3 is 0 Å². The molecule has 65 heavy (non-hydrogen) atoms. The molecule has 304 valence electrons. The lowest BCUT2D eigenvalue weighted by Gasteiger charge is -2.24. The van der Waals surface area contributed by atoms with Crippen LogP contribution in [0.1, 0.15) is 25.0 Å². The molecule has 0 bridgehead atoms. The third-order valence-electron chi connectivity index (χ3n) is 14.2. The Balaban J connectivity index is 0.965. The molecule has 1 aliphatic carbocycles. The Morgan fingerprint density at radius 2 is 0.908 bits per heavy atom. The van der Waals surface area contributed by atoms with Crippen LogP contribution in [0.25, 0.3) is 121 Å². The minimum atomic E-state index is -0.192. The summed E-state index contributed by atoms with van der Waals surface area (Å²) in [5.74, 6) is 0.750. The van der Waals surface area contributed by atoms with E-state index in [2.05, 4.69) is 229 Å². The highest BCUT2D eigenvalue weighted by atomic mass is 15.0. The average Bonchev–Trinajstić information content (AvgIpc) is 3.93. The van der Waals surface area contributed by atoms with Crippen molar-refractivity contribution in [1.29, 1.82) is 0 Å². The van der Waals surface area contributed by atoms with Gasteiger partial charge in [-0.3, -0.25) is 0 Å². The number of nitrogens with zero attached hydrogens (tertiary/aromatic N) is 4. The predicted molar refractivity (Wildman–Crippen MR) is 272 cm³/mol. The largest absolute Gasteiger partial charge is 0.309 e. The molecule has 3 aromatic heterocycles. The zero-order valence-electron chi connectivity index (χ0n) is 35.9. The molecule has 0 fully saturated rings. The summed E-state index contributed by atoms with van der Waals surface area (Å²) in [5.41, 5.74) is 15.9. The van der Waals surface area contributed by atoms with E-state index in [9.17, 15) is 0 Å². The second-order valence-electron chi connectivity index (χ2n) is 18.2. The van der Waals surface area contributed by atoms with Crippen molar-refractivity contribution in [3.63, 3.8) is 0 Å². The third-order valence-corrected chi connectivity index (χ3v) is 14.2. The fraction of sp³-hybridized carbons (Fsp3) is 0.0492. The van der Waals surface area contributed by atoms with Gasteiger partial charge in [-0.2, -0.15) is 0 Å². The lowest BCUT2D eigenvalue weighted by atomic mass is 9.80. The molecule has 0 aliphatic heterocycles. The summed E-state index contributed by atoms with van der Waals surface area (Å²) in [5, 5.41) is 10.9. The zero-order chi connectivity index (χ0) is 43.0. The lowest BCUT2D eigenvalue weighted by Crippen LogP contribution is -2.16. The molecule has 0 saturated carbocycles. The predicted octanol–water partition coefficient (Wildman–Crippen LogP) is 15.8. The van der Waals surface area contributed by atoms with Crippen LogP contribution in [0.5, 0.6) is 0 Å². The quantitative estimate of drug-likeness (QED) is 0.177. The Hall–Kier alpha value is -8.34. The Bertz CT molecular complexity index is 4150. The van der Waals surface area contributed by atoms with Crippen LogP contribution in [0.3, 0.4) is 0 Å². The van der Waals surface area contributed by atoms with Crippen LogP contribution in [-0.2, 0) is 5.41 Å². The first-order chi connectivity index (χ1) is 32.0. The van der Waals surface area contributed by atoms with Crippen molar-refractivity contribution < 1.29 is 0 Å². The smallest absolute Gasteiger partial charge is 0.160 e. The maximum atomic E-state index is 5.46. The van der Waals surface area contributed by atoms with Crippen molar-refractivity contribution >= 4 is 76.1 Å². The normalized spacial score (nSPS) is 13.2. The molecule has 4 heteroatoms. The summed E-state index contributed by atoms with van der Waals surface area (Å²) in [6.07, 6.45) is 0. The molecule has 0 atom stereocenters. The van der Waals surface area contributed by atoms with E-state index in [-0.39, 0.29) is 5.41 Å². The van der Waals surface area contributed by atoms with Crippen LogP contribution in [0.4, 0.5) is 0 Å². The topological polar surface area (TPSA) is 35.6 Å². The summed E-state index contributed by atoms with van der Waals surface area (Å²) in [6, 6.07) is 75.4. The molecule has 0 spiro atoms. The van der Waals surface area contributed by atoms with E-state index >= 15 is 0 Å². The number of hydrogen-bond donors (Lipinski definition) is 0. The summed E-state index contributed by atoms with van der Waals surface area (Å²) in [4.78, 5) is 10.7. The Morgan fingerprint density at radius 1 is 0.369 bits per heavy atom. The van der Waals surface area contributed by atoms with Crippen molar-refractivity contribution in [2.75, 3.05) is 0 Å². The molecule has 0 unspecified atom stereocenters. The van der Waals surface area contributed by atoms with Gasteiger partial charge in [0.25, 0.3) is 0 Å². The van der Waals surface area contributed by atoms with E-state index in [4.69, 9.17) is 9.97 Å². The second kappa shape index (κ2) is 13.3. The van der Waals surface area contributed by atoms with Gasteiger partial charge in [-0.25, -0.2) is 9.97 Å². The summed E-state index contributed by atoms with van der Waals surface area (Å²) >= 11 is 0. The lowest BCUT2D eigenvalue weighted by molar-refractivity contribution is 0.661. The molecule has 1 aliphatic rings. The van der Waals surface area contributed by atoms with Crippen molar-refractivity contribution in [2.24, 2.45) is 0 Å². The average molecular weight is 829 g/mol. The van der Waals surface area contributed by atoms with E-state index in [1.807, 2.05) is 0 Å². The minimum Gasteiger partial charge on any atom is -0.309 e. The van der Waals surface area contributed by atoms with Gasteiger partial charge in [0.2, 0.25) is 0 Å². The van der Waals surface area contributed by atoms with Gasteiger partial charge in [0.15, 0.2) is 5.82 Å². The molecule has 0 amide bonds. The number of benzene rings is 10. The van der Waals surface area contributed by atoms with Crippen molar-refractivity contribution in [3.05, 3.63) is 217 Å². The molecule has 14 rings (SSSR count). The van der Waals surface area contributed by atoms with Gasteiger partial charge in [0.05, 0.1) is 33.3 Å². The molecule has 0 N–H and O–H groups in total. The molecule has 4 nitrogen and oxygen atoms in total. The monoisotopic (exact) mass is 828 g/mol. The Morgan fingerprint density at radius 3 is 1.65 bits per heavy atom. The molecule has 0 radical (unpaired) electrons. The third kappa shape index (κ3) is 5.19. The zero-order valence-corrected chi connectivity index (χ0v) is 35.9. The molecule has 3 heterocycles.